The van der Waals surface area contributed by atoms with Crippen LogP contribution in [0.4, 0.5) is 0 Å². The van der Waals surface area contributed by atoms with Crippen molar-refractivity contribution in [2.45, 2.75) is 46.3 Å². The monoisotopic (exact) mass is 224 g/mol. The molecule has 2 N–H and O–H groups in total. The molecule has 0 aliphatic carbocycles. The molecular formula is C7H18O2Zr. The van der Waals surface area contributed by atoms with Crippen molar-refractivity contribution in [3.8, 4) is 0 Å². The third-order valence-corrected chi connectivity index (χ3v) is 0.591. The third kappa shape index (κ3) is 68.2. The molecule has 0 bridgehead atoms. The number of rotatable bonds is 1. The Balaban J connectivity index is -0.0000000910. The average molecular weight is 225 g/mol. The van der Waals surface area contributed by atoms with Gasteiger partial charge < -0.3 is 10.2 Å². The average Bonchev–Trinajstić information content (AvgIpc) is 1.65. The summed E-state index contributed by atoms with van der Waals surface area (Å²) in [5.41, 5.74) is 0. The quantitative estimate of drug-likeness (QED) is 0.703. The summed E-state index contributed by atoms with van der Waals surface area (Å²) >= 11 is 0. The Bertz CT molecular complexity index is 44.1. The van der Waals surface area contributed by atoms with Crippen LogP contribution in [-0.2, 0) is 26.2 Å². The second-order valence-electron chi connectivity index (χ2n) is 2.35. The summed E-state index contributed by atoms with van der Waals surface area (Å²) in [5, 5.41) is 16.4. The van der Waals surface area contributed by atoms with Gasteiger partial charge in [-0.15, -0.1) is 0 Å². The molecule has 1 unspecified atom stereocenters. The molecular weight excluding hydrogens is 207 g/mol. The Hall–Kier alpha value is 0.803. The van der Waals surface area contributed by atoms with E-state index in [4.69, 9.17) is 10.2 Å². The van der Waals surface area contributed by atoms with Crippen LogP contribution in [0.3, 0.4) is 0 Å². The van der Waals surface area contributed by atoms with Gasteiger partial charge in [0.25, 0.3) is 0 Å². The molecule has 0 rings (SSSR count). The summed E-state index contributed by atoms with van der Waals surface area (Å²) < 4.78 is 0. The first-order chi connectivity index (χ1) is 4.00. The van der Waals surface area contributed by atoms with Gasteiger partial charge in [0.1, 0.15) is 0 Å². The van der Waals surface area contributed by atoms with E-state index >= 15 is 0 Å². The number of aliphatic hydroxyl groups excluding tert-OH is 2. The second-order valence-corrected chi connectivity index (χ2v) is 2.35. The molecule has 0 aliphatic rings. The minimum absolute atomic E-state index is 0. The third-order valence-electron chi connectivity index (χ3n) is 0.591. The number of aliphatic hydroxyl groups is 2. The predicted octanol–water partition coefficient (Wildman–Crippen LogP) is 1.16. The zero-order chi connectivity index (χ0) is 7.86. The van der Waals surface area contributed by atoms with Crippen molar-refractivity contribution in [2.75, 3.05) is 0 Å². The van der Waals surface area contributed by atoms with E-state index in [0.29, 0.717) is 0 Å². The Kier molecular flexibility index (Phi) is 21.3. The maximum atomic E-state index is 8.36. The predicted molar refractivity (Wildman–Crippen MR) is 39.3 cm³/mol. The molecule has 0 amide bonds. The van der Waals surface area contributed by atoms with E-state index < -0.39 is 0 Å². The first-order valence-corrected chi connectivity index (χ1v) is 3.36. The summed E-state index contributed by atoms with van der Waals surface area (Å²) in [6, 6.07) is 0. The van der Waals surface area contributed by atoms with Crippen molar-refractivity contribution in [3.05, 3.63) is 0 Å². The Morgan fingerprint density at radius 2 is 1.20 bits per heavy atom. The number of hydrogen-bond donors (Lipinski definition) is 2. The molecule has 0 heterocycles. The second kappa shape index (κ2) is 12.5. The molecule has 0 aliphatic heterocycles. The van der Waals surface area contributed by atoms with Gasteiger partial charge in [-0.3, -0.25) is 0 Å². The molecule has 3 heteroatoms. The van der Waals surface area contributed by atoms with Gasteiger partial charge in [-0.2, -0.15) is 0 Å². The van der Waals surface area contributed by atoms with Crippen LogP contribution in [0.1, 0.15) is 34.1 Å². The molecule has 62 valence electrons. The van der Waals surface area contributed by atoms with Crippen molar-refractivity contribution in [3.63, 3.8) is 0 Å². The summed E-state index contributed by atoms with van der Waals surface area (Å²) in [6.07, 6.45) is 0.579. The van der Waals surface area contributed by atoms with Crippen LogP contribution >= 0.6 is 0 Å². The molecule has 0 aromatic carbocycles. The fraction of sp³-hybridized carbons (Fsp3) is 1.00. The van der Waals surface area contributed by atoms with Crippen LogP contribution < -0.4 is 0 Å². The molecule has 0 radical (unpaired) electrons. The molecule has 10 heavy (non-hydrogen) atoms. The zero-order valence-corrected chi connectivity index (χ0v) is 9.71. The number of hydrogen-bond acceptors (Lipinski definition) is 2. The van der Waals surface area contributed by atoms with E-state index in [1.54, 1.807) is 20.8 Å². The molecule has 0 aromatic heterocycles. The van der Waals surface area contributed by atoms with Crippen LogP contribution in [0.25, 0.3) is 0 Å². The maximum absolute atomic E-state index is 8.36. The molecule has 2 nitrogen and oxygen atoms in total. The van der Waals surface area contributed by atoms with Crippen molar-refractivity contribution in [1.29, 1.82) is 0 Å². The topological polar surface area (TPSA) is 40.5 Å². The fourth-order valence-corrected chi connectivity index (χ4v) is 0. The molecule has 1 atom stereocenters. The molecule has 0 spiro atoms. The van der Waals surface area contributed by atoms with Gasteiger partial charge in [0.15, 0.2) is 0 Å². The van der Waals surface area contributed by atoms with Crippen LogP contribution in [0.2, 0.25) is 0 Å². The van der Waals surface area contributed by atoms with Gasteiger partial charge in [-0.1, -0.05) is 6.92 Å². The van der Waals surface area contributed by atoms with Gasteiger partial charge in [-0.25, -0.2) is 0 Å². The van der Waals surface area contributed by atoms with Crippen LogP contribution in [-0.4, -0.2) is 22.4 Å². The smallest absolute Gasteiger partial charge is 0.0509 e. The van der Waals surface area contributed by atoms with Crippen molar-refractivity contribution in [1.82, 2.24) is 0 Å². The van der Waals surface area contributed by atoms with Crippen molar-refractivity contribution >= 4 is 0 Å². The Morgan fingerprint density at radius 3 is 1.20 bits per heavy atom. The van der Waals surface area contributed by atoms with E-state index in [2.05, 4.69) is 0 Å². The first kappa shape index (κ1) is 17.1. The summed E-state index contributed by atoms with van der Waals surface area (Å²) in [5.74, 6) is 0. The Labute approximate surface area is 82.8 Å². The summed E-state index contributed by atoms with van der Waals surface area (Å²) in [7, 11) is 0. The molecule has 0 saturated carbocycles. The van der Waals surface area contributed by atoms with E-state index in [-0.39, 0.29) is 38.4 Å². The van der Waals surface area contributed by atoms with Gasteiger partial charge in [0, 0.05) is 32.3 Å². The standard InChI is InChI=1S/C4H10O.C3H8O.Zr/c1-3-4(2)5;1-3(2)4;/h4-5H,3H2,1-2H3;3-4H,1-2H3;. The van der Waals surface area contributed by atoms with Crippen LogP contribution in [0.5, 0.6) is 0 Å². The zero-order valence-electron chi connectivity index (χ0n) is 7.26. The molecule has 0 saturated heterocycles. The van der Waals surface area contributed by atoms with Gasteiger partial charge in [0.05, 0.1) is 6.10 Å². The van der Waals surface area contributed by atoms with Gasteiger partial charge in [-0.05, 0) is 27.2 Å². The van der Waals surface area contributed by atoms with Crippen molar-refractivity contribution < 1.29 is 36.4 Å². The summed E-state index contributed by atoms with van der Waals surface area (Å²) in [6.45, 7) is 7.17. The largest absolute Gasteiger partial charge is 0.394 e. The first-order valence-electron chi connectivity index (χ1n) is 3.36. The van der Waals surface area contributed by atoms with Gasteiger partial charge in [0.2, 0.25) is 0 Å². The van der Waals surface area contributed by atoms with Crippen LogP contribution in [0, 0.1) is 0 Å². The van der Waals surface area contributed by atoms with Crippen LogP contribution in [0.15, 0.2) is 0 Å². The molecule has 0 fully saturated rings. The fourth-order valence-electron chi connectivity index (χ4n) is 0. The van der Waals surface area contributed by atoms with E-state index in [9.17, 15) is 0 Å². The van der Waals surface area contributed by atoms with Gasteiger partial charge >= 0.3 is 0 Å². The minimum atomic E-state index is -0.167. The van der Waals surface area contributed by atoms with E-state index in [0.717, 1.165) is 6.42 Å². The normalized spacial score (nSPS) is 11.1. The Morgan fingerprint density at radius 1 is 1.10 bits per heavy atom. The van der Waals surface area contributed by atoms with Crippen molar-refractivity contribution in [2.24, 2.45) is 0 Å². The SMILES string of the molecule is CC(C)O.CCC(C)O.[Zr]. The summed E-state index contributed by atoms with van der Waals surface area (Å²) in [4.78, 5) is 0. The van der Waals surface area contributed by atoms with E-state index in [1.807, 2.05) is 6.92 Å². The minimum Gasteiger partial charge on any atom is -0.394 e. The van der Waals surface area contributed by atoms with E-state index in [1.165, 1.54) is 0 Å². The molecule has 0 aromatic rings. The maximum Gasteiger partial charge on any atom is 0.0509 e.